The van der Waals surface area contributed by atoms with Gasteiger partial charge in [0.25, 0.3) is 0 Å². The van der Waals surface area contributed by atoms with Gasteiger partial charge >= 0.3 is 5.97 Å². The maximum atomic E-state index is 14.4. The van der Waals surface area contributed by atoms with E-state index in [1.807, 2.05) is 6.92 Å². The highest BCUT2D eigenvalue weighted by molar-refractivity contribution is 5.69. The number of rotatable bonds is 6. The molecule has 1 N–H and O–H groups in total. The molecule has 0 radical (unpaired) electrons. The minimum absolute atomic E-state index is 0.135. The third kappa shape index (κ3) is 4.60. The normalized spacial score (nSPS) is 15.0. The number of aliphatic hydroxyl groups is 1. The van der Waals surface area contributed by atoms with Crippen molar-refractivity contribution in [3.63, 3.8) is 0 Å². The fourth-order valence-electron chi connectivity index (χ4n) is 3.34. The summed E-state index contributed by atoms with van der Waals surface area (Å²) in [6, 6.07) is 4.90. The van der Waals surface area contributed by atoms with E-state index in [2.05, 4.69) is 14.9 Å². The van der Waals surface area contributed by atoms with E-state index in [4.69, 9.17) is 4.74 Å². The van der Waals surface area contributed by atoms with Gasteiger partial charge in [-0.1, -0.05) is 18.2 Å². The molecule has 0 atom stereocenters. The van der Waals surface area contributed by atoms with Gasteiger partial charge in [-0.25, -0.2) is 14.4 Å². The number of anilines is 1. The summed E-state index contributed by atoms with van der Waals surface area (Å²) in [7, 11) is 0. The third-order valence-corrected chi connectivity index (χ3v) is 4.86. The van der Waals surface area contributed by atoms with Gasteiger partial charge in [0.15, 0.2) is 0 Å². The van der Waals surface area contributed by atoms with Crippen molar-refractivity contribution in [1.29, 1.82) is 0 Å². The summed E-state index contributed by atoms with van der Waals surface area (Å²) in [5, 5.41) is 9.20. The van der Waals surface area contributed by atoms with Crippen LogP contribution in [-0.4, -0.2) is 40.7 Å². The number of hydrogen-bond donors (Lipinski definition) is 1. The van der Waals surface area contributed by atoms with Crippen LogP contribution in [-0.2, 0) is 16.1 Å². The summed E-state index contributed by atoms with van der Waals surface area (Å²) in [6.07, 6.45) is 5.44. The number of esters is 1. The second-order valence-corrected chi connectivity index (χ2v) is 6.65. The van der Waals surface area contributed by atoms with Crippen molar-refractivity contribution in [2.45, 2.75) is 32.8 Å². The zero-order valence-corrected chi connectivity index (χ0v) is 15.4. The van der Waals surface area contributed by atoms with Gasteiger partial charge < -0.3 is 14.7 Å². The Bertz CT molecular complexity index is 775. The Morgan fingerprint density at radius 2 is 2.00 bits per heavy atom. The Labute approximate surface area is 158 Å². The van der Waals surface area contributed by atoms with E-state index in [9.17, 15) is 14.3 Å². The molecular weight excluding hydrogens is 349 g/mol. The van der Waals surface area contributed by atoms with E-state index in [0.717, 1.165) is 25.9 Å². The average Bonchev–Trinajstić information content (AvgIpc) is 2.69. The van der Waals surface area contributed by atoms with E-state index < -0.39 is 5.82 Å². The quantitative estimate of drug-likeness (QED) is 0.785. The molecule has 27 heavy (non-hydrogen) atoms. The first-order valence-corrected chi connectivity index (χ1v) is 9.23. The van der Waals surface area contributed by atoms with Crippen LogP contribution in [0.2, 0.25) is 0 Å². The van der Waals surface area contributed by atoms with Gasteiger partial charge in [0, 0.05) is 48.6 Å². The smallest absolute Gasteiger partial charge is 0.306 e. The maximum absolute atomic E-state index is 14.4. The van der Waals surface area contributed by atoms with E-state index >= 15 is 0 Å². The summed E-state index contributed by atoms with van der Waals surface area (Å²) in [5.41, 5.74) is 1.20. The molecule has 0 bridgehead atoms. The molecule has 0 spiro atoms. The molecule has 0 saturated carbocycles. The second-order valence-electron chi connectivity index (χ2n) is 6.65. The number of hydrogen-bond acceptors (Lipinski definition) is 6. The molecule has 0 aliphatic carbocycles. The lowest BCUT2D eigenvalue weighted by molar-refractivity contribution is -0.144. The standard InChI is InChI=1S/C20H24FN3O3/c1-2-27-18(26)10-14-6-8-24(9-7-14)20-22-11-16(12-23-20)17-5-3-4-15(13-25)19(17)21/h3-5,11-12,14,25H,2,6-10,13H2,1H3. The monoisotopic (exact) mass is 373 g/mol. The SMILES string of the molecule is CCOC(=O)CC1CCN(c2ncc(-c3cccc(CO)c3F)cn2)CC1. The predicted octanol–water partition coefficient (Wildman–Crippen LogP) is 2.94. The molecule has 6 nitrogen and oxygen atoms in total. The van der Waals surface area contributed by atoms with Crippen LogP contribution in [0.4, 0.5) is 10.3 Å². The fourth-order valence-corrected chi connectivity index (χ4v) is 3.34. The van der Waals surface area contributed by atoms with Crippen LogP contribution < -0.4 is 4.90 Å². The van der Waals surface area contributed by atoms with Crippen molar-refractivity contribution >= 4 is 11.9 Å². The molecule has 7 heteroatoms. The number of carbonyl (C=O) groups excluding carboxylic acids is 1. The Balaban J connectivity index is 1.63. The Morgan fingerprint density at radius 3 is 2.63 bits per heavy atom. The van der Waals surface area contributed by atoms with Gasteiger partial charge in [0.1, 0.15) is 5.82 Å². The van der Waals surface area contributed by atoms with Crippen molar-refractivity contribution in [3.05, 3.63) is 42.0 Å². The van der Waals surface area contributed by atoms with Crippen LogP contribution in [0.25, 0.3) is 11.1 Å². The zero-order chi connectivity index (χ0) is 19.2. The lowest BCUT2D eigenvalue weighted by atomic mass is 9.94. The van der Waals surface area contributed by atoms with Crippen LogP contribution >= 0.6 is 0 Å². The molecule has 1 aromatic heterocycles. The van der Waals surface area contributed by atoms with Crippen LogP contribution in [0.15, 0.2) is 30.6 Å². The Hall–Kier alpha value is -2.54. The Kier molecular flexibility index (Phi) is 6.34. The van der Waals surface area contributed by atoms with Gasteiger partial charge in [0.05, 0.1) is 13.2 Å². The molecule has 144 valence electrons. The topological polar surface area (TPSA) is 75.5 Å². The van der Waals surface area contributed by atoms with Crippen LogP contribution in [0, 0.1) is 11.7 Å². The molecule has 1 aromatic carbocycles. The van der Waals surface area contributed by atoms with Gasteiger partial charge in [-0.3, -0.25) is 4.79 Å². The molecule has 0 amide bonds. The molecule has 2 heterocycles. The lowest BCUT2D eigenvalue weighted by Gasteiger charge is -2.31. The van der Waals surface area contributed by atoms with Gasteiger partial charge in [-0.2, -0.15) is 0 Å². The minimum Gasteiger partial charge on any atom is -0.466 e. The predicted molar refractivity (Wildman–Crippen MR) is 99.5 cm³/mol. The van der Waals surface area contributed by atoms with Crippen molar-refractivity contribution in [1.82, 2.24) is 9.97 Å². The summed E-state index contributed by atoms with van der Waals surface area (Å²) >= 11 is 0. The summed E-state index contributed by atoms with van der Waals surface area (Å²) in [5.74, 6) is 0.349. The van der Waals surface area contributed by atoms with Crippen molar-refractivity contribution in [2.24, 2.45) is 5.92 Å². The average molecular weight is 373 g/mol. The molecule has 1 fully saturated rings. The van der Waals surface area contributed by atoms with Crippen LogP contribution in [0.5, 0.6) is 0 Å². The number of benzene rings is 1. The van der Waals surface area contributed by atoms with Crippen LogP contribution in [0.1, 0.15) is 31.7 Å². The highest BCUT2D eigenvalue weighted by Gasteiger charge is 2.23. The molecule has 2 aromatic rings. The number of aliphatic hydroxyl groups excluding tert-OH is 1. The number of aromatic nitrogens is 2. The molecule has 3 rings (SSSR count). The molecule has 1 saturated heterocycles. The van der Waals surface area contributed by atoms with Crippen molar-refractivity contribution in [3.8, 4) is 11.1 Å². The number of nitrogens with zero attached hydrogens (tertiary/aromatic N) is 3. The summed E-state index contributed by atoms with van der Waals surface area (Å²) in [4.78, 5) is 22.4. The highest BCUT2D eigenvalue weighted by Crippen LogP contribution is 2.27. The number of halogens is 1. The first-order chi connectivity index (χ1) is 13.1. The maximum Gasteiger partial charge on any atom is 0.306 e. The van der Waals surface area contributed by atoms with Crippen molar-refractivity contribution < 1.29 is 19.0 Å². The Morgan fingerprint density at radius 1 is 1.30 bits per heavy atom. The first-order valence-electron chi connectivity index (χ1n) is 9.23. The van der Waals surface area contributed by atoms with Gasteiger partial charge in [-0.05, 0) is 25.7 Å². The van der Waals surface area contributed by atoms with E-state index in [0.29, 0.717) is 36.0 Å². The fraction of sp³-hybridized carbons (Fsp3) is 0.450. The van der Waals surface area contributed by atoms with Crippen molar-refractivity contribution in [2.75, 3.05) is 24.6 Å². The lowest BCUT2D eigenvalue weighted by Crippen LogP contribution is -2.35. The van der Waals surface area contributed by atoms with E-state index in [1.54, 1.807) is 30.6 Å². The van der Waals surface area contributed by atoms with Crippen LogP contribution in [0.3, 0.4) is 0 Å². The highest BCUT2D eigenvalue weighted by atomic mass is 19.1. The number of ether oxygens (including phenoxy) is 1. The second kappa shape index (κ2) is 8.90. The third-order valence-electron chi connectivity index (χ3n) is 4.86. The molecule has 1 aliphatic rings. The largest absolute Gasteiger partial charge is 0.466 e. The summed E-state index contributed by atoms with van der Waals surface area (Å²) in [6.45, 7) is 3.43. The molecule has 1 aliphatic heterocycles. The van der Waals surface area contributed by atoms with Gasteiger partial charge in [0.2, 0.25) is 5.95 Å². The first kappa shape index (κ1) is 19.2. The van der Waals surface area contributed by atoms with E-state index in [-0.39, 0.29) is 18.1 Å². The zero-order valence-electron chi connectivity index (χ0n) is 15.4. The number of piperidine rings is 1. The molecular formula is C20H24FN3O3. The van der Waals surface area contributed by atoms with E-state index in [1.165, 1.54) is 0 Å². The van der Waals surface area contributed by atoms with Gasteiger partial charge in [-0.15, -0.1) is 0 Å². The number of carbonyl (C=O) groups is 1. The molecule has 0 unspecified atom stereocenters. The minimum atomic E-state index is -0.448. The summed E-state index contributed by atoms with van der Waals surface area (Å²) < 4.78 is 19.4.